The Morgan fingerprint density at radius 1 is 1.24 bits per heavy atom. The predicted octanol–water partition coefficient (Wildman–Crippen LogP) is 1.51. The molecule has 1 unspecified atom stereocenters. The van der Waals surface area contributed by atoms with Crippen molar-refractivity contribution in [1.29, 1.82) is 0 Å². The van der Waals surface area contributed by atoms with Crippen LogP contribution in [0.5, 0.6) is 5.75 Å². The van der Waals surface area contributed by atoms with E-state index in [2.05, 4.69) is 0 Å². The van der Waals surface area contributed by atoms with E-state index in [4.69, 9.17) is 14.9 Å². The standard InChI is InChI=1S/C12H14O5/c1-12(11(15)16,7-10(13)14)8-3-5-9(17-2)6-4-8/h3-6H,7H2,1-2H3,(H,13,14)(H,15,16). The Morgan fingerprint density at radius 2 is 1.76 bits per heavy atom. The summed E-state index contributed by atoms with van der Waals surface area (Å²) in [6, 6.07) is 6.35. The van der Waals surface area contributed by atoms with Crippen molar-refractivity contribution in [3.63, 3.8) is 0 Å². The quantitative estimate of drug-likeness (QED) is 0.812. The molecule has 5 nitrogen and oxygen atoms in total. The van der Waals surface area contributed by atoms with Gasteiger partial charge in [-0.05, 0) is 24.6 Å². The molecule has 0 bridgehead atoms. The summed E-state index contributed by atoms with van der Waals surface area (Å²) in [5.41, 5.74) is -0.994. The highest BCUT2D eigenvalue weighted by Crippen LogP contribution is 2.29. The number of aliphatic carboxylic acids is 2. The average molecular weight is 238 g/mol. The second-order valence-electron chi connectivity index (χ2n) is 3.94. The van der Waals surface area contributed by atoms with E-state index in [9.17, 15) is 9.59 Å². The van der Waals surface area contributed by atoms with Gasteiger partial charge in [-0.15, -0.1) is 0 Å². The highest BCUT2D eigenvalue weighted by molar-refractivity contribution is 5.86. The average Bonchev–Trinajstić information content (AvgIpc) is 2.28. The Balaban J connectivity index is 3.13. The molecule has 0 fully saturated rings. The van der Waals surface area contributed by atoms with Gasteiger partial charge in [0.1, 0.15) is 11.2 Å². The van der Waals surface area contributed by atoms with E-state index in [-0.39, 0.29) is 0 Å². The van der Waals surface area contributed by atoms with Crippen molar-refractivity contribution in [2.45, 2.75) is 18.8 Å². The SMILES string of the molecule is COc1ccc(C(C)(CC(=O)O)C(=O)O)cc1. The fourth-order valence-corrected chi connectivity index (χ4v) is 1.56. The summed E-state index contributed by atoms with van der Waals surface area (Å²) in [4.78, 5) is 21.9. The Hall–Kier alpha value is -2.04. The molecule has 1 aromatic carbocycles. The van der Waals surface area contributed by atoms with Crippen molar-refractivity contribution in [3.05, 3.63) is 29.8 Å². The van der Waals surface area contributed by atoms with Crippen molar-refractivity contribution >= 4 is 11.9 Å². The van der Waals surface area contributed by atoms with Gasteiger partial charge in [-0.25, -0.2) is 0 Å². The van der Waals surface area contributed by atoms with Gasteiger partial charge < -0.3 is 14.9 Å². The van der Waals surface area contributed by atoms with Crippen molar-refractivity contribution < 1.29 is 24.5 Å². The summed E-state index contributed by atoms with van der Waals surface area (Å²) in [6.07, 6.45) is -0.464. The second-order valence-corrected chi connectivity index (χ2v) is 3.94. The molecule has 1 aromatic rings. The first-order chi connectivity index (χ1) is 7.90. The van der Waals surface area contributed by atoms with Crippen molar-refractivity contribution in [3.8, 4) is 5.75 Å². The molecular weight excluding hydrogens is 224 g/mol. The lowest BCUT2D eigenvalue weighted by Gasteiger charge is -2.23. The van der Waals surface area contributed by atoms with E-state index in [1.807, 2.05) is 0 Å². The maximum absolute atomic E-state index is 11.2. The maximum Gasteiger partial charge on any atom is 0.314 e. The normalized spacial score (nSPS) is 13.8. The molecule has 0 aromatic heterocycles. The van der Waals surface area contributed by atoms with Gasteiger partial charge in [0.2, 0.25) is 0 Å². The van der Waals surface area contributed by atoms with E-state index in [0.717, 1.165) is 0 Å². The fraction of sp³-hybridized carbons (Fsp3) is 0.333. The summed E-state index contributed by atoms with van der Waals surface area (Å²) >= 11 is 0. The molecule has 0 saturated heterocycles. The number of benzene rings is 1. The first-order valence-corrected chi connectivity index (χ1v) is 5.00. The number of carboxylic acids is 2. The van der Waals surface area contributed by atoms with Crippen LogP contribution in [0.15, 0.2) is 24.3 Å². The molecule has 1 atom stereocenters. The van der Waals surface area contributed by atoms with Gasteiger partial charge in [-0.1, -0.05) is 12.1 Å². The lowest BCUT2D eigenvalue weighted by molar-refractivity contribution is -0.149. The number of ether oxygens (including phenoxy) is 1. The number of methoxy groups -OCH3 is 1. The minimum absolute atomic E-state index is 0.438. The lowest BCUT2D eigenvalue weighted by atomic mass is 9.79. The van der Waals surface area contributed by atoms with E-state index >= 15 is 0 Å². The third kappa shape index (κ3) is 2.75. The molecule has 92 valence electrons. The first kappa shape index (κ1) is 13.0. The molecule has 1 rings (SSSR count). The number of carbonyl (C=O) groups is 2. The van der Waals surface area contributed by atoms with Crippen LogP contribution in [-0.4, -0.2) is 29.3 Å². The Morgan fingerprint density at radius 3 is 2.12 bits per heavy atom. The van der Waals surface area contributed by atoms with Crippen molar-refractivity contribution in [1.82, 2.24) is 0 Å². The topological polar surface area (TPSA) is 83.8 Å². The zero-order valence-corrected chi connectivity index (χ0v) is 9.64. The summed E-state index contributed by atoms with van der Waals surface area (Å²) < 4.78 is 4.96. The molecule has 17 heavy (non-hydrogen) atoms. The molecule has 0 aliphatic heterocycles. The Bertz CT molecular complexity index is 423. The molecule has 0 heterocycles. The fourth-order valence-electron chi connectivity index (χ4n) is 1.56. The molecule has 0 amide bonds. The smallest absolute Gasteiger partial charge is 0.314 e. The third-order valence-corrected chi connectivity index (χ3v) is 2.70. The molecule has 0 radical (unpaired) electrons. The first-order valence-electron chi connectivity index (χ1n) is 5.00. The van der Waals surface area contributed by atoms with Crippen LogP contribution in [0.2, 0.25) is 0 Å². The summed E-state index contributed by atoms with van der Waals surface area (Å²) in [6.45, 7) is 1.39. The van der Waals surface area contributed by atoms with Crippen molar-refractivity contribution in [2.24, 2.45) is 0 Å². The van der Waals surface area contributed by atoms with Crippen LogP contribution >= 0.6 is 0 Å². The molecule has 0 spiro atoms. The monoisotopic (exact) mass is 238 g/mol. The number of hydrogen-bond donors (Lipinski definition) is 2. The number of hydrogen-bond acceptors (Lipinski definition) is 3. The Kier molecular flexibility index (Phi) is 3.73. The molecule has 0 aliphatic carbocycles. The van der Waals surface area contributed by atoms with Gasteiger partial charge in [0.25, 0.3) is 0 Å². The van der Waals surface area contributed by atoms with Gasteiger partial charge in [0, 0.05) is 0 Å². The lowest BCUT2D eigenvalue weighted by Crippen LogP contribution is -2.34. The number of rotatable bonds is 5. The van der Waals surface area contributed by atoms with Crippen LogP contribution in [0.25, 0.3) is 0 Å². The minimum Gasteiger partial charge on any atom is -0.497 e. The summed E-state index contributed by atoms with van der Waals surface area (Å²) in [5.74, 6) is -1.72. The van der Waals surface area contributed by atoms with Crippen LogP contribution in [0.4, 0.5) is 0 Å². The van der Waals surface area contributed by atoms with E-state index in [1.165, 1.54) is 14.0 Å². The van der Waals surface area contributed by atoms with E-state index < -0.39 is 23.8 Å². The van der Waals surface area contributed by atoms with Gasteiger partial charge in [-0.3, -0.25) is 9.59 Å². The van der Waals surface area contributed by atoms with Crippen LogP contribution in [0.1, 0.15) is 18.9 Å². The van der Waals surface area contributed by atoms with Crippen molar-refractivity contribution in [2.75, 3.05) is 7.11 Å². The van der Waals surface area contributed by atoms with Crippen LogP contribution < -0.4 is 4.74 Å². The van der Waals surface area contributed by atoms with Crippen LogP contribution in [0, 0.1) is 0 Å². The molecule has 0 aliphatic rings. The van der Waals surface area contributed by atoms with E-state index in [1.54, 1.807) is 24.3 Å². The number of carboxylic acid groups (broad SMARTS) is 2. The zero-order valence-electron chi connectivity index (χ0n) is 9.64. The second kappa shape index (κ2) is 4.86. The van der Waals surface area contributed by atoms with Crippen LogP contribution in [-0.2, 0) is 15.0 Å². The summed E-state index contributed by atoms with van der Waals surface area (Å²) in [7, 11) is 1.50. The van der Waals surface area contributed by atoms with Gasteiger partial charge >= 0.3 is 11.9 Å². The predicted molar refractivity (Wildman–Crippen MR) is 60.2 cm³/mol. The molecular formula is C12H14O5. The molecule has 0 saturated carbocycles. The van der Waals surface area contributed by atoms with Gasteiger partial charge in [0.15, 0.2) is 0 Å². The van der Waals surface area contributed by atoms with Gasteiger partial charge in [-0.2, -0.15) is 0 Å². The highest BCUT2D eigenvalue weighted by Gasteiger charge is 2.37. The maximum atomic E-state index is 11.2. The molecule has 2 N–H and O–H groups in total. The minimum atomic E-state index is -1.43. The Labute approximate surface area is 98.6 Å². The van der Waals surface area contributed by atoms with Crippen LogP contribution in [0.3, 0.4) is 0 Å². The largest absolute Gasteiger partial charge is 0.497 e. The highest BCUT2D eigenvalue weighted by atomic mass is 16.5. The third-order valence-electron chi connectivity index (χ3n) is 2.70. The van der Waals surface area contributed by atoms with E-state index in [0.29, 0.717) is 11.3 Å². The molecule has 5 heteroatoms. The zero-order chi connectivity index (χ0) is 13.1. The summed E-state index contributed by atoms with van der Waals surface area (Å²) in [5, 5.41) is 17.9. The van der Waals surface area contributed by atoms with Gasteiger partial charge in [0.05, 0.1) is 13.5 Å².